The number of fused-ring (bicyclic) bond motifs is 1. The van der Waals surface area contributed by atoms with Crippen LogP contribution < -0.4 is 5.32 Å². The number of aromatic nitrogens is 1. The second-order valence-corrected chi connectivity index (χ2v) is 7.03. The zero-order valence-corrected chi connectivity index (χ0v) is 16.0. The van der Waals surface area contributed by atoms with Crippen LogP contribution in [0.15, 0.2) is 85.2 Å². The summed E-state index contributed by atoms with van der Waals surface area (Å²) in [4.78, 5) is 16.9. The molecule has 1 amide bonds. The molecular weight excluding hydrogens is 344 g/mol. The van der Waals surface area contributed by atoms with E-state index in [1.54, 1.807) is 6.20 Å². The number of aryl methyl sites for hydroxylation is 1. The van der Waals surface area contributed by atoms with Crippen LogP contribution in [0.5, 0.6) is 0 Å². The second kappa shape index (κ2) is 7.65. The molecule has 1 atom stereocenters. The molecule has 0 bridgehead atoms. The number of pyridine rings is 1. The minimum atomic E-state index is -0.0827. The molecule has 1 aromatic heterocycles. The highest BCUT2D eigenvalue weighted by molar-refractivity contribution is 5.95. The molecule has 0 aliphatic carbocycles. The Morgan fingerprint density at radius 1 is 0.929 bits per heavy atom. The summed E-state index contributed by atoms with van der Waals surface area (Å²) in [6.45, 7) is 4.06. The number of hydrogen-bond acceptors (Lipinski definition) is 2. The van der Waals surface area contributed by atoms with E-state index in [0.29, 0.717) is 5.56 Å². The molecule has 4 aromatic rings. The predicted molar refractivity (Wildman–Crippen MR) is 114 cm³/mol. The summed E-state index contributed by atoms with van der Waals surface area (Å²) in [5, 5.41) is 5.47. The highest BCUT2D eigenvalue weighted by atomic mass is 16.1. The average Bonchev–Trinajstić information content (AvgIpc) is 2.73. The van der Waals surface area contributed by atoms with Crippen LogP contribution in [0.25, 0.3) is 21.9 Å². The first kappa shape index (κ1) is 17.9. The highest BCUT2D eigenvalue weighted by Gasteiger charge is 2.14. The Hall–Kier alpha value is -3.46. The Labute approximate surface area is 165 Å². The molecule has 0 spiro atoms. The molecule has 0 saturated heterocycles. The summed E-state index contributed by atoms with van der Waals surface area (Å²) in [6, 6.07) is 24.1. The van der Waals surface area contributed by atoms with Crippen LogP contribution in [0.3, 0.4) is 0 Å². The fraction of sp³-hybridized carbons (Fsp3) is 0.120. The molecule has 1 N–H and O–H groups in total. The third-order valence-corrected chi connectivity index (χ3v) is 5.12. The Morgan fingerprint density at radius 2 is 1.68 bits per heavy atom. The van der Waals surface area contributed by atoms with Crippen LogP contribution in [0.2, 0.25) is 0 Å². The molecule has 0 aliphatic heterocycles. The third-order valence-electron chi connectivity index (χ3n) is 5.12. The summed E-state index contributed by atoms with van der Waals surface area (Å²) >= 11 is 0. The minimum absolute atomic E-state index is 0.0709. The summed E-state index contributed by atoms with van der Waals surface area (Å²) < 4.78 is 0. The topological polar surface area (TPSA) is 42.0 Å². The number of amides is 1. The van der Waals surface area contributed by atoms with Gasteiger partial charge in [-0.25, -0.2) is 0 Å². The maximum Gasteiger partial charge on any atom is 0.251 e. The van der Waals surface area contributed by atoms with Gasteiger partial charge in [0.25, 0.3) is 5.91 Å². The van der Waals surface area contributed by atoms with E-state index in [1.165, 1.54) is 10.8 Å². The van der Waals surface area contributed by atoms with Gasteiger partial charge in [0.15, 0.2) is 0 Å². The van der Waals surface area contributed by atoms with Gasteiger partial charge in [0.1, 0.15) is 0 Å². The van der Waals surface area contributed by atoms with Crippen LogP contribution in [0.1, 0.15) is 34.5 Å². The van der Waals surface area contributed by atoms with Crippen molar-refractivity contribution in [1.82, 2.24) is 10.3 Å². The Bertz CT molecular complexity index is 1130. The van der Waals surface area contributed by atoms with Gasteiger partial charge in [0, 0.05) is 18.0 Å². The molecular formula is C25H22N2O. The normalized spacial score (nSPS) is 11.9. The van der Waals surface area contributed by atoms with Crippen molar-refractivity contribution >= 4 is 16.7 Å². The number of benzene rings is 3. The summed E-state index contributed by atoms with van der Waals surface area (Å²) in [7, 11) is 0. The maximum absolute atomic E-state index is 12.8. The van der Waals surface area contributed by atoms with E-state index in [-0.39, 0.29) is 11.9 Å². The van der Waals surface area contributed by atoms with Gasteiger partial charge < -0.3 is 5.32 Å². The number of nitrogens with zero attached hydrogens (tertiary/aromatic N) is 1. The van der Waals surface area contributed by atoms with Gasteiger partial charge in [-0.2, -0.15) is 0 Å². The first-order valence-electron chi connectivity index (χ1n) is 9.43. The van der Waals surface area contributed by atoms with E-state index in [2.05, 4.69) is 34.6 Å². The van der Waals surface area contributed by atoms with E-state index < -0.39 is 0 Å². The van der Waals surface area contributed by atoms with Crippen LogP contribution in [0, 0.1) is 6.92 Å². The van der Waals surface area contributed by atoms with Gasteiger partial charge in [0.05, 0.1) is 6.04 Å². The molecule has 3 heteroatoms. The maximum atomic E-state index is 12.8. The molecule has 0 saturated carbocycles. The third kappa shape index (κ3) is 3.52. The minimum Gasteiger partial charge on any atom is -0.345 e. The number of rotatable bonds is 4. The molecule has 4 rings (SSSR count). The van der Waals surface area contributed by atoms with E-state index in [0.717, 1.165) is 22.3 Å². The van der Waals surface area contributed by atoms with Crippen LogP contribution in [-0.4, -0.2) is 10.9 Å². The number of nitrogens with one attached hydrogen (secondary N) is 1. The quantitative estimate of drug-likeness (QED) is 0.503. The molecule has 0 radical (unpaired) electrons. The van der Waals surface area contributed by atoms with Gasteiger partial charge in [-0.05, 0) is 65.1 Å². The highest BCUT2D eigenvalue weighted by Crippen LogP contribution is 2.25. The molecule has 28 heavy (non-hydrogen) atoms. The first-order chi connectivity index (χ1) is 13.6. The Balaban J connectivity index is 1.54. The molecule has 138 valence electrons. The summed E-state index contributed by atoms with van der Waals surface area (Å²) in [5.74, 6) is -0.0709. The van der Waals surface area contributed by atoms with Crippen molar-refractivity contribution in [1.29, 1.82) is 0 Å². The van der Waals surface area contributed by atoms with Crippen molar-refractivity contribution in [3.63, 3.8) is 0 Å². The van der Waals surface area contributed by atoms with Crippen molar-refractivity contribution in [3.8, 4) is 11.1 Å². The monoisotopic (exact) mass is 366 g/mol. The van der Waals surface area contributed by atoms with Crippen LogP contribution >= 0.6 is 0 Å². The summed E-state index contributed by atoms with van der Waals surface area (Å²) in [6.07, 6.45) is 3.64. The first-order valence-corrected chi connectivity index (χ1v) is 9.43. The van der Waals surface area contributed by atoms with Gasteiger partial charge >= 0.3 is 0 Å². The smallest absolute Gasteiger partial charge is 0.251 e. The molecule has 0 unspecified atom stereocenters. The van der Waals surface area contributed by atoms with Crippen molar-refractivity contribution in [2.45, 2.75) is 19.9 Å². The lowest BCUT2D eigenvalue weighted by atomic mass is 9.99. The number of carbonyl (C=O) groups is 1. The lowest BCUT2D eigenvalue weighted by molar-refractivity contribution is 0.0940. The lowest BCUT2D eigenvalue weighted by Gasteiger charge is -2.17. The number of carbonyl (C=O) groups excluding carboxylic acids is 1. The van der Waals surface area contributed by atoms with Gasteiger partial charge in [-0.1, -0.05) is 54.6 Å². The van der Waals surface area contributed by atoms with Gasteiger partial charge in [-0.3, -0.25) is 9.78 Å². The van der Waals surface area contributed by atoms with Crippen LogP contribution in [0.4, 0.5) is 0 Å². The predicted octanol–water partition coefficient (Wildman–Crippen LogP) is 5.70. The largest absolute Gasteiger partial charge is 0.345 e. The van der Waals surface area contributed by atoms with Crippen LogP contribution in [-0.2, 0) is 0 Å². The molecule has 3 nitrogen and oxygen atoms in total. The number of hydrogen-bond donors (Lipinski definition) is 1. The van der Waals surface area contributed by atoms with E-state index in [4.69, 9.17) is 0 Å². The fourth-order valence-corrected chi connectivity index (χ4v) is 3.58. The second-order valence-electron chi connectivity index (χ2n) is 7.03. The van der Waals surface area contributed by atoms with Crippen molar-refractivity contribution < 1.29 is 4.79 Å². The summed E-state index contributed by atoms with van der Waals surface area (Å²) in [5.41, 5.74) is 5.10. The molecule has 1 heterocycles. The molecule has 3 aromatic carbocycles. The lowest BCUT2D eigenvalue weighted by Crippen LogP contribution is -2.26. The zero-order valence-electron chi connectivity index (χ0n) is 16.0. The SMILES string of the molecule is Cc1cnccc1-c1ccc(C(=O)N[C@H](C)c2cccc3ccccc23)cc1. The van der Waals surface area contributed by atoms with Gasteiger partial charge in [0.2, 0.25) is 0 Å². The van der Waals surface area contributed by atoms with E-state index in [1.807, 2.05) is 68.6 Å². The molecule has 0 aliphatic rings. The average molecular weight is 366 g/mol. The van der Waals surface area contributed by atoms with E-state index >= 15 is 0 Å². The van der Waals surface area contributed by atoms with Crippen molar-refractivity contribution in [2.24, 2.45) is 0 Å². The van der Waals surface area contributed by atoms with E-state index in [9.17, 15) is 4.79 Å². The standard InChI is InChI=1S/C25H22N2O/c1-17-16-26-15-14-22(17)20-10-12-21(13-11-20)25(28)27-18(2)23-9-5-7-19-6-3-4-8-24(19)23/h3-16,18H,1-2H3,(H,27,28)/t18-/m1/s1. The van der Waals surface area contributed by atoms with Gasteiger partial charge in [-0.15, -0.1) is 0 Å². The zero-order chi connectivity index (χ0) is 19.5. The molecule has 0 fully saturated rings. The van der Waals surface area contributed by atoms with Crippen molar-refractivity contribution in [2.75, 3.05) is 0 Å². The Kier molecular flexibility index (Phi) is 4.90. The van der Waals surface area contributed by atoms with Crippen molar-refractivity contribution in [3.05, 3.63) is 102 Å². The fourth-order valence-electron chi connectivity index (χ4n) is 3.58. The Morgan fingerprint density at radius 3 is 2.46 bits per heavy atom.